The first-order valence-corrected chi connectivity index (χ1v) is 26.0. The number of methoxy groups -OCH3 is 1. The molecular formula is C56H84O7. The minimum absolute atomic E-state index is 0.0591. The van der Waals surface area contributed by atoms with Crippen molar-refractivity contribution in [3.63, 3.8) is 0 Å². The second-order valence-electron chi connectivity index (χ2n) is 24.4. The second-order valence-corrected chi connectivity index (χ2v) is 24.4. The minimum Gasteiger partial charge on any atom is -0.481 e. The van der Waals surface area contributed by atoms with Crippen LogP contribution in [-0.4, -0.2) is 64.7 Å². The number of carboxylic acid groups (broad SMARTS) is 1. The van der Waals surface area contributed by atoms with Gasteiger partial charge >= 0.3 is 5.97 Å². The molecule has 9 rings (SSSR count). The topological polar surface area (TPSA) is 116 Å². The second kappa shape index (κ2) is 16.4. The third kappa shape index (κ3) is 6.38. The molecule has 0 amide bonds. The third-order valence-corrected chi connectivity index (χ3v) is 22.3. The van der Waals surface area contributed by atoms with Crippen LogP contribution in [0.4, 0.5) is 0 Å². The highest BCUT2D eigenvalue weighted by Gasteiger charge is 2.87. The zero-order chi connectivity index (χ0) is 44.7. The van der Waals surface area contributed by atoms with E-state index >= 15 is 0 Å². The van der Waals surface area contributed by atoms with Gasteiger partial charge in [-0.05, 0) is 154 Å². The van der Waals surface area contributed by atoms with E-state index in [4.69, 9.17) is 9.47 Å². The first-order chi connectivity index (χ1) is 30.0. The number of aliphatic carboxylic acids is 1. The monoisotopic (exact) mass is 869 g/mol. The van der Waals surface area contributed by atoms with Crippen molar-refractivity contribution >= 4 is 5.97 Å². The summed E-state index contributed by atoms with van der Waals surface area (Å²) in [6, 6.07) is 8.78. The SMILES string of the molecule is CCC[C@@H]1[C@@]23CC[C@@]45C#CC[C@H](CCC6CCCCC6)CC[C@]6(CC[C@@]4(C)[C@]2(CO)[C@H](O)C[C@]1(O)O[C@H]3Cc1ccc(CCOC)cc1)[C@@H]1C[C@](C)(C(=O)O)CC[C@]1(C)CC[C@@]65C. The van der Waals surface area contributed by atoms with Gasteiger partial charge in [-0.25, -0.2) is 0 Å². The van der Waals surface area contributed by atoms with Gasteiger partial charge in [-0.2, -0.15) is 0 Å². The molecule has 350 valence electrons. The van der Waals surface area contributed by atoms with Crippen molar-refractivity contribution in [3.8, 4) is 11.8 Å². The number of aliphatic hydroxyl groups excluding tert-OH is 2. The molecule has 1 saturated heterocycles. The van der Waals surface area contributed by atoms with Crippen molar-refractivity contribution < 1.29 is 34.7 Å². The first-order valence-electron chi connectivity index (χ1n) is 26.0. The van der Waals surface area contributed by atoms with Crippen LogP contribution in [0.2, 0.25) is 0 Å². The molecule has 63 heavy (non-hydrogen) atoms. The fourth-order valence-electron chi connectivity index (χ4n) is 18.8. The molecule has 7 aliphatic carbocycles. The van der Waals surface area contributed by atoms with Crippen molar-refractivity contribution in [2.24, 2.45) is 67.0 Å². The molecule has 14 atom stereocenters. The molecule has 0 unspecified atom stereocenters. The van der Waals surface area contributed by atoms with Crippen LogP contribution in [0.25, 0.3) is 0 Å². The molecule has 7 nitrogen and oxygen atoms in total. The Morgan fingerprint density at radius 1 is 0.825 bits per heavy atom. The molecule has 7 fully saturated rings. The van der Waals surface area contributed by atoms with E-state index in [0.29, 0.717) is 25.4 Å². The maximum absolute atomic E-state index is 13.3. The van der Waals surface area contributed by atoms with Gasteiger partial charge in [0.15, 0.2) is 5.79 Å². The Labute approximate surface area is 380 Å². The van der Waals surface area contributed by atoms with Gasteiger partial charge in [0.25, 0.3) is 0 Å². The summed E-state index contributed by atoms with van der Waals surface area (Å²) in [5.74, 6) is 7.57. The highest BCUT2D eigenvalue weighted by atomic mass is 16.6. The van der Waals surface area contributed by atoms with E-state index in [2.05, 4.69) is 63.8 Å². The van der Waals surface area contributed by atoms with E-state index < -0.39 is 44.9 Å². The van der Waals surface area contributed by atoms with Crippen LogP contribution >= 0.6 is 0 Å². The Bertz CT molecular complexity index is 1910. The molecule has 1 aromatic carbocycles. The molecule has 4 bridgehead atoms. The summed E-state index contributed by atoms with van der Waals surface area (Å²) >= 11 is 0. The number of rotatable bonds is 12. The summed E-state index contributed by atoms with van der Waals surface area (Å²) in [6.07, 6.45) is 22.1. The zero-order valence-electron chi connectivity index (χ0n) is 40.2. The van der Waals surface area contributed by atoms with Gasteiger partial charge in [0.05, 0.1) is 30.8 Å². The first kappa shape index (κ1) is 46.2. The van der Waals surface area contributed by atoms with E-state index in [-0.39, 0.29) is 47.2 Å². The lowest BCUT2D eigenvalue weighted by atomic mass is 9.21. The van der Waals surface area contributed by atoms with Gasteiger partial charge < -0.3 is 29.9 Å². The molecule has 2 spiro atoms. The number of carboxylic acids is 1. The fourth-order valence-corrected chi connectivity index (χ4v) is 18.8. The molecule has 0 radical (unpaired) electrons. The third-order valence-electron chi connectivity index (χ3n) is 22.3. The molecule has 7 heteroatoms. The Balaban J connectivity index is 1.20. The standard InChI is InChI=1S/C56H84O7/c1-7-12-43-54-33-32-53-24-11-15-40(17-16-39-13-9-8-10-14-39)22-25-52(44-36-49(3,47(59)60)27-26-48(44,2)28-29-50(52,53)4)31-30-51(53,5)55(54,38-57)45(58)37-56(43,61)63-46(54)35-42-20-18-41(19-21-42)23-34-62-6/h18-21,39-40,43-46,57-58,61H,7-10,12-17,22-23,25-38H2,1-6H3,(H,59,60)/t40-,43-,44-,45-,46+,48-,49-,50+,51-,52+,53-,54-,55+,56+/m1/s1. The van der Waals surface area contributed by atoms with E-state index in [1.54, 1.807) is 7.11 Å². The number of fused-ring (bicyclic) bond motifs is 3. The highest BCUT2D eigenvalue weighted by Crippen LogP contribution is 2.88. The summed E-state index contributed by atoms with van der Waals surface area (Å²) in [5, 5.41) is 49.6. The summed E-state index contributed by atoms with van der Waals surface area (Å²) in [7, 11) is 1.74. The lowest BCUT2D eigenvalue weighted by Crippen LogP contribution is -2.80. The fraction of sp³-hybridized carbons (Fsp3) is 0.839. The normalized spacial score (nSPS) is 47.9. The van der Waals surface area contributed by atoms with E-state index in [0.717, 1.165) is 101 Å². The largest absolute Gasteiger partial charge is 0.481 e. The van der Waals surface area contributed by atoms with Crippen molar-refractivity contribution in [1.29, 1.82) is 0 Å². The van der Waals surface area contributed by atoms with Gasteiger partial charge in [0.2, 0.25) is 0 Å². The average molecular weight is 869 g/mol. The lowest BCUT2D eigenvalue weighted by Gasteiger charge is -2.81. The summed E-state index contributed by atoms with van der Waals surface area (Å²) in [5.41, 5.74) is -1.54. The molecule has 8 aliphatic rings. The Morgan fingerprint density at radius 3 is 2.22 bits per heavy atom. The molecule has 1 aromatic rings. The quantitative estimate of drug-likeness (QED) is 0.155. The van der Waals surface area contributed by atoms with Crippen LogP contribution in [0.3, 0.4) is 0 Å². The lowest BCUT2D eigenvalue weighted by molar-refractivity contribution is -0.357. The molecule has 6 saturated carbocycles. The van der Waals surface area contributed by atoms with Crippen molar-refractivity contribution in [2.45, 2.75) is 207 Å². The Hall–Kier alpha value is -1.95. The summed E-state index contributed by atoms with van der Waals surface area (Å²) < 4.78 is 12.5. The van der Waals surface area contributed by atoms with Crippen molar-refractivity contribution in [2.75, 3.05) is 20.3 Å². The minimum atomic E-state index is -1.48. The van der Waals surface area contributed by atoms with Crippen LogP contribution in [-0.2, 0) is 27.1 Å². The zero-order valence-corrected chi connectivity index (χ0v) is 40.2. The smallest absolute Gasteiger partial charge is 0.309 e. The average Bonchev–Trinajstić information content (AvgIpc) is 3.45. The van der Waals surface area contributed by atoms with Crippen LogP contribution < -0.4 is 0 Å². The van der Waals surface area contributed by atoms with Gasteiger partial charge in [-0.1, -0.05) is 103 Å². The number of ether oxygens (including phenoxy) is 2. The van der Waals surface area contributed by atoms with Crippen LogP contribution in [0.5, 0.6) is 0 Å². The van der Waals surface area contributed by atoms with E-state index in [1.807, 2.05) is 6.92 Å². The molecule has 1 aliphatic heterocycles. The Morgan fingerprint density at radius 2 is 1.52 bits per heavy atom. The van der Waals surface area contributed by atoms with Crippen LogP contribution in [0.15, 0.2) is 24.3 Å². The number of hydrogen-bond acceptors (Lipinski definition) is 6. The maximum atomic E-state index is 13.3. The van der Waals surface area contributed by atoms with Gasteiger partial charge in [-0.3, -0.25) is 4.79 Å². The molecule has 1 heterocycles. The number of carbonyl (C=O) groups is 1. The van der Waals surface area contributed by atoms with Crippen LogP contribution in [0.1, 0.15) is 187 Å². The number of aliphatic hydroxyl groups is 3. The molecule has 0 aromatic heterocycles. The summed E-state index contributed by atoms with van der Waals surface area (Å²) in [6.45, 7) is 12.3. The van der Waals surface area contributed by atoms with E-state index in [1.165, 1.54) is 50.5 Å². The van der Waals surface area contributed by atoms with Gasteiger partial charge in [0, 0.05) is 42.1 Å². The van der Waals surface area contributed by atoms with Crippen molar-refractivity contribution in [3.05, 3.63) is 35.4 Å². The van der Waals surface area contributed by atoms with Gasteiger partial charge in [0.1, 0.15) is 0 Å². The molecular weight excluding hydrogens is 785 g/mol. The predicted octanol–water partition coefficient (Wildman–Crippen LogP) is 11.1. The summed E-state index contributed by atoms with van der Waals surface area (Å²) in [4.78, 5) is 13.3. The number of hydrogen-bond donors (Lipinski definition) is 4. The van der Waals surface area contributed by atoms with Crippen LogP contribution in [0, 0.1) is 78.8 Å². The predicted molar refractivity (Wildman–Crippen MR) is 247 cm³/mol. The molecule has 4 N–H and O–H groups in total. The van der Waals surface area contributed by atoms with Crippen molar-refractivity contribution in [1.82, 2.24) is 0 Å². The van der Waals surface area contributed by atoms with Gasteiger partial charge in [-0.15, -0.1) is 5.92 Å². The Kier molecular flexibility index (Phi) is 12.0. The van der Waals surface area contributed by atoms with E-state index in [9.17, 15) is 25.2 Å². The maximum Gasteiger partial charge on any atom is 0.309 e. The highest BCUT2D eigenvalue weighted by molar-refractivity contribution is 5.74. The number of benzene rings is 1.